The molecule has 3 heteroatoms. The quantitative estimate of drug-likeness (QED) is 0.900. The molecule has 0 aliphatic rings. The Balaban J connectivity index is 2.34. The average molecular weight is 246 g/mol. The van der Waals surface area contributed by atoms with Crippen LogP contribution in [-0.2, 0) is 0 Å². The highest BCUT2D eigenvalue weighted by Gasteiger charge is 2.23. The first-order valence-corrected chi connectivity index (χ1v) is 6.46. The molecule has 1 unspecified atom stereocenters. The smallest absolute Gasteiger partial charge is 0.199 e. The van der Waals surface area contributed by atoms with Crippen LogP contribution in [0.25, 0.3) is 11.1 Å². The van der Waals surface area contributed by atoms with Crippen LogP contribution in [0, 0.1) is 12.3 Å². The first-order chi connectivity index (χ1) is 8.39. The summed E-state index contributed by atoms with van der Waals surface area (Å²) in [7, 11) is 0. The lowest BCUT2D eigenvalue weighted by atomic mass is 9.84. The van der Waals surface area contributed by atoms with Crippen LogP contribution in [-0.4, -0.2) is 11.5 Å². The molecule has 1 atom stereocenters. The summed E-state index contributed by atoms with van der Waals surface area (Å²) in [6.07, 6.45) is 0.981. The third-order valence-electron chi connectivity index (χ3n) is 3.05. The van der Waals surface area contributed by atoms with Gasteiger partial charge in [-0.2, -0.15) is 0 Å². The van der Waals surface area contributed by atoms with Gasteiger partial charge in [-0.05, 0) is 36.5 Å². The number of hydrogen-bond acceptors (Lipinski definition) is 3. The van der Waals surface area contributed by atoms with Gasteiger partial charge in [-0.1, -0.05) is 26.8 Å². The summed E-state index contributed by atoms with van der Waals surface area (Å²) in [6.45, 7) is 9.26. The van der Waals surface area contributed by atoms with Crippen LogP contribution in [0.1, 0.15) is 44.6 Å². The van der Waals surface area contributed by atoms with Crippen molar-refractivity contribution in [2.45, 2.75) is 40.0 Å². The summed E-state index contributed by atoms with van der Waals surface area (Å²) in [4.78, 5) is 4.58. The fourth-order valence-electron chi connectivity index (χ4n) is 2.24. The number of aromatic nitrogens is 1. The summed E-state index contributed by atoms with van der Waals surface area (Å²) in [5.41, 5.74) is 9.06. The van der Waals surface area contributed by atoms with Crippen LogP contribution >= 0.6 is 0 Å². The van der Waals surface area contributed by atoms with E-state index in [1.807, 2.05) is 18.2 Å². The van der Waals surface area contributed by atoms with Crippen molar-refractivity contribution in [2.75, 3.05) is 6.54 Å². The van der Waals surface area contributed by atoms with Gasteiger partial charge in [-0.3, -0.25) is 0 Å². The van der Waals surface area contributed by atoms with Crippen LogP contribution in [0.15, 0.2) is 22.6 Å². The second-order valence-corrected chi connectivity index (χ2v) is 6.22. The van der Waals surface area contributed by atoms with E-state index in [9.17, 15) is 0 Å². The van der Waals surface area contributed by atoms with Crippen molar-refractivity contribution >= 4 is 11.1 Å². The first kappa shape index (κ1) is 13.1. The van der Waals surface area contributed by atoms with E-state index < -0.39 is 0 Å². The number of nitrogens with two attached hydrogens (primary N) is 1. The third kappa shape index (κ3) is 2.91. The van der Waals surface area contributed by atoms with Gasteiger partial charge in [0.2, 0.25) is 0 Å². The molecule has 2 N–H and O–H groups in total. The lowest BCUT2D eigenvalue weighted by Crippen LogP contribution is -2.19. The van der Waals surface area contributed by atoms with E-state index >= 15 is 0 Å². The highest BCUT2D eigenvalue weighted by Crippen LogP contribution is 2.31. The Bertz CT molecular complexity index is 537. The number of fused-ring (bicyclic) bond motifs is 1. The van der Waals surface area contributed by atoms with Crippen molar-refractivity contribution in [3.05, 3.63) is 29.7 Å². The van der Waals surface area contributed by atoms with E-state index in [0.717, 1.165) is 23.4 Å². The van der Waals surface area contributed by atoms with E-state index in [0.29, 0.717) is 6.54 Å². The van der Waals surface area contributed by atoms with Gasteiger partial charge in [-0.25, -0.2) is 4.98 Å². The van der Waals surface area contributed by atoms with Crippen molar-refractivity contribution in [1.82, 2.24) is 4.98 Å². The Labute approximate surface area is 108 Å². The van der Waals surface area contributed by atoms with Crippen LogP contribution in [0.3, 0.4) is 0 Å². The summed E-state index contributed by atoms with van der Waals surface area (Å²) in [5, 5.41) is 0. The van der Waals surface area contributed by atoms with Crippen LogP contribution in [0.5, 0.6) is 0 Å². The molecule has 0 saturated heterocycles. The van der Waals surface area contributed by atoms with E-state index in [1.165, 1.54) is 5.56 Å². The topological polar surface area (TPSA) is 52.0 Å². The Morgan fingerprint density at radius 1 is 1.33 bits per heavy atom. The molecule has 0 saturated carbocycles. The van der Waals surface area contributed by atoms with E-state index in [1.54, 1.807) is 0 Å². The minimum atomic E-state index is 0.192. The van der Waals surface area contributed by atoms with Gasteiger partial charge in [0.15, 0.2) is 11.5 Å². The number of rotatable bonds is 3. The van der Waals surface area contributed by atoms with Crippen molar-refractivity contribution in [3.63, 3.8) is 0 Å². The molecule has 1 heterocycles. The fourth-order valence-corrected chi connectivity index (χ4v) is 2.24. The van der Waals surface area contributed by atoms with Crippen LogP contribution in [0.2, 0.25) is 0 Å². The zero-order chi connectivity index (χ0) is 13.3. The SMILES string of the molecule is Cc1ccc2oc(C(CN)CC(C)(C)C)nc2c1. The van der Waals surface area contributed by atoms with Gasteiger partial charge in [0.25, 0.3) is 0 Å². The summed E-state index contributed by atoms with van der Waals surface area (Å²) in [5.74, 6) is 0.964. The maximum absolute atomic E-state index is 5.86. The first-order valence-electron chi connectivity index (χ1n) is 6.46. The minimum absolute atomic E-state index is 0.192. The summed E-state index contributed by atoms with van der Waals surface area (Å²) in [6, 6.07) is 6.07. The van der Waals surface area contributed by atoms with Gasteiger partial charge < -0.3 is 10.2 Å². The summed E-state index contributed by atoms with van der Waals surface area (Å²) < 4.78 is 5.83. The number of benzene rings is 1. The Morgan fingerprint density at radius 3 is 2.67 bits per heavy atom. The molecule has 98 valence electrons. The molecular weight excluding hydrogens is 224 g/mol. The Kier molecular flexibility index (Phi) is 3.44. The maximum atomic E-state index is 5.86. The second-order valence-electron chi connectivity index (χ2n) is 6.22. The molecule has 0 spiro atoms. The Hall–Kier alpha value is -1.35. The molecule has 1 aromatic heterocycles. The molecule has 3 nitrogen and oxygen atoms in total. The standard InChI is InChI=1S/C15H22N2O/c1-10-5-6-13-12(7-10)17-14(18-13)11(9-16)8-15(2,3)4/h5-7,11H,8-9,16H2,1-4H3. The molecule has 0 amide bonds. The number of hydrogen-bond donors (Lipinski definition) is 1. The largest absolute Gasteiger partial charge is 0.440 e. The molecule has 0 bridgehead atoms. The van der Waals surface area contributed by atoms with E-state index in [4.69, 9.17) is 10.2 Å². The van der Waals surface area contributed by atoms with E-state index in [-0.39, 0.29) is 11.3 Å². The summed E-state index contributed by atoms with van der Waals surface area (Å²) >= 11 is 0. The molecule has 0 fully saturated rings. The molecule has 2 aromatic rings. The van der Waals surface area contributed by atoms with Crippen molar-refractivity contribution in [3.8, 4) is 0 Å². The zero-order valence-electron chi connectivity index (χ0n) is 11.7. The molecule has 18 heavy (non-hydrogen) atoms. The molecule has 1 aromatic carbocycles. The Morgan fingerprint density at radius 2 is 2.06 bits per heavy atom. The lowest BCUT2D eigenvalue weighted by molar-refractivity contribution is 0.314. The zero-order valence-corrected chi connectivity index (χ0v) is 11.7. The van der Waals surface area contributed by atoms with Gasteiger partial charge in [-0.15, -0.1) is 0 Å². The van der Waals surface area contributed by atoms with Gasteiger partial charge in [0.05, 0.1) is 0 Å². The van der Waals surface area contributed by atoms with Crippen molar-refractivity contribution < 1.29 is 4.42 Å². The van der Waals surface area contributed by atoms with Crippen molar-refractivity contribution in [2.24, 2.45) is 11.1 Å². The normalized spacial score (nSPS) is 14.1. The average Bonchev–Trinajstić information content (AvgIpc) is 2.67. The van der Waals surface area contributed by atoms with Crippen molar-refractivity contribution in [1.29, 1.82) is 0 Å². The molecule has 0 aliphatic carbocycles. The predicted octanol–water partition coefficient (Wildman–Crippen LogP) is 3.61. The third-order valence-corrected chi connectivity index (χ3v) is 3.05. The van der Waals surface area contributed by atoms with Gasteiger partial charge >= 0.3 is 0 Å². The molecule has 0 aliphatic heterocycles. The van der Waals surface area contributed by atoms with Crippen LogP contribution in [0.4, 0.5) is 0 Å². The maximum Gasteiger partial charge on any atom is 0.199 e. The van der Waals surface area contributed by atoms with Gasteiger partial charge in [0.1, 0.15) is 5.52 Å². The number of nitrogens with zero attached hydrogens (tertiary/aromatic N) is 1. The molecular formula is C15H22N2O. The molecule has 0 radical (unpaired) electrons. The van der Waals surface area contributed by atoms with Gasteiger partial charge in [0, 0.05) is 12.5 Å². The monoisotopic (exact) mass is 246 g/mol. The lowest BCUT2D eigenvalue weighted by Gasteiger charge is -2.22. The fraction of sp³-hybridized carbons (Fsp3) is 0.533. The molecule has 2 rings (SSSR count). The minimum Gasteiger partial charge on any atom is -0.440 e. The number of oxazole rings is 1. The highest BCUT2D eigenvalue weighted by molar-refractivity contribution is 5.73. The van der Waals surface area contributed by atoms with Crippen LogP contribution < -0.4 is 5.73 Å². The highest BCUT2D eigenvalue weighted by atomic mass is 16.3. The second kappa shape index (κ2) is 4.73. The van der Waals surface area contributed by atoms with E-state index in [2.05, 4.69) is 32.7 Å². The number of aryl methyl sites for hydroxylation is 1. The predicted molar refractivity (Wildman–Crippen MR) is 74.6 cm³/mol.